The van der Waals surface area contributed by atoms with Crippen molar-refractivity contribution in [3.8, 4) is 10.6 Å². The lowest BCUT2D eigenvalue weighted by Gasteiger charge is -2.18. The SMILES string of the molecule is CCCN(C(=O)c1cccc(C)c1)c1nnc(-c2cccc(F)c2)s1. The Morgan fingerprint density at radius 1 is 1.16 bits per heavy atom. The molecular formula is C19H18FN3OS. The summed E-state index contributed by atoms with van der Waals surface area (Å²) in [5, 5.41) is 9.40. The first-order valence-corrected chi connectivity index (χ1v) is 8.88. The summed E-state index contributed by atoms with van der Waals surface area (Å²) in [6, 6.07) is 13.7. The number of carbonyl (C=O) groups excluding carboxylic acids is 1. The third-order valence-electron chi connectivity index (χ3n) is 3.67. The smallest absolute Gasteiger partial charge is 0.260 e. The van der Waals surface area contributed by atoms with Crippen LogP contribution >= 0.6 is 11.3 Å². The molecule has 3 rings (SSSR count). The molecule has 0 saturated carbocycles. The van der Waals surface area contributed by atoms with Crippen LogP contribution in [0.5, 0.6) is 0 Å². The lowest BCUT2D eigenvalue weighted by Crippen LogP contribution is -2.31. The second kappa shape index (κ2) is 7.53. The summed E-state index contributed by atoms with van der Waals surface area (Å²) < 4.78 is 13.4. The number of rotatable bonds is 5. The van der Waals surface area contributed by atoms with E-state index in [1.54, 1.807) is 23.1 Å². The molecule has 0 aliphatic rings. The van der Waals surface area contributed by atoms with Crippen LogP contribution in [-0.2, 0) is 0 Å². The fourth-order valence-corrected chi connectivity index (χ4v) is 3.37. The highest BCUT2D eigenvalue weighted by Gasteiger charge is 2.21. The molecule has 0 aliphatic carbocycles. The molecular weight excluding hydrogens is 337 g/mol. The molecule has 0 aliphatic heterocycles. The molecule has 4 nitrogen and oxygen atoms in total. The Hall–Kier alpha value is -2.60. The molecule has 25 heavy (non-hydrogen) atoms. The minimum absolute atomic E-state index is 0.104. The summed E-state index contributed by atoms with van der Waals surface area (Å²) in [5.41, 5.74) is 2.30. The second-order valence-electron chi connectivity index (χ2n) is 5.73. The van der Waals surface area contributed by atoms with Crippen LogP contribution in [0.4, 0.5) is 9.52 Å². The maximum absolute atomic E-state index is 13.4. The fourth-order valence-electron chi connectivity index (χ4n) is 2.50. The van der Waals surface area contributed by atoms with Crippen LogP contribution < -0.4 is 4.90 Å². The summed E-state index contributed by atoms with van der Waals surface area (Å²) in [6.07, 6.45) is 0.798. The number of halogens is 1. The lowest BCUT2D eigenvalue weighted by atomic mass is 10.1. The van der Waals surface area contributed by atoms with Crippen molar-refractivity contribution in [1.29, 1.82) is 0 Å². The summed E-state index contributed by atoms with van der Waals surface area (Å²) in [6.45, 7) is 4.50. The van der Waals surface area contributed by atoms with Crippen LogP contribution in [0.15, 0.2) is 48.5 Å². The highest BCUT2D eigenvalue weighted by atomic mass is 32.1. The van der Waals surface area contributed by atoms with Gasteiger partial charge in [0.05, 0.1) is 0 Å². The predicted octanol–water partition coefficient (Wildman–Crippen LogP) is 4.71. The number of hydrogen-bond acceptors (Lipinski definition) is 4. The molecule has 0 radical (unpaired) electrons. The molecule has 0 saturated heterocycles. The van der Waals surface area contributed by atoms with E-state index in [-0.39, 0.29) is 11.7 Å². The van der Waals surface area contributed by atoms with E-state index in [9.17, 15) is 9.18 Å². The molecule has 128 valence electrons. The topological polar surface area (TPSA) is 46.1 Å². The molecule has 0 spiro atoms. The first-order chi connectivity index (χ1) is 12.1. The van der Waals surface area contributed by atoms with Crippen LogP contribution in [0.2, 0.25) is 0 Å². The minimum Gasteiger partial charge on any atom is -0.283 e. The van der Waals surface area contributed by atoms with Gasteiger partial charge in [0.2, 0.25) is 5.13 Å². The van der Waals surface area contributed by atoms with E-state index in [4.69, 9.17) is 0 Å². The summed E-state index contributed by atoms with van der Waals surface area (Å²) in [7, 11) is 0. The summed E-state index contributed by atoms with van der Waals surface area (Å²) >= 11 is 1.29. The average molecular weight is 355 g/mol. The quantitative estimate of drug-likeness (QED) is 0.666. The maximum Gasteiger partial charge on any atom is 0.260 e. The normalized spacial score (nSPS) is 10.7. The Balaban J connectivity index is 1.92. The van der Waals surface area contributed by atoms with E-state index >= 15 is 0 Å². The first-order valence-electron chi connectivity index (χ1n) is 8.06. The van der Waals surface area contributed by atoms with Gasteiger partial charge in [-0.2, -0.15) is 0 Å². The zero-order valence-corrected chi connectivity index (χ0v) is 14.9. The van der Waals surface area contributed by atoms with Crippen molar-refractivity contribution in [3.05, 3.63) is 65.5 Å². The van der Waals surface area contributed by atoms with Crippen molar-refractivity contribution in [2.24, 2.45) is 0 Å². The van der Waals surface area contributed by atoms with Crippen LogP contribution in [0, 0.1) is 12.7 Å². The van der Waals surface area contributed by atoms with Gasteiger partial charge in [-0.05, 0) is 37.6 Å². The number of benzene rings is 2. The molecule has 6 heteroatoms. The molecule has 0 N–H and O–H groups in total. The Labute approximate surface area is 150 Å². The van der Waals surface area contributed by atoms with E-state index in [1.165, 1.54) is 23.5 Å². The average Bonchev–Trinajstić information content (AvgIpc) is 3.09. The number of hydrogen-bond donors (Lipinski definition) is 0. The highest BCUT2D eigenvalue weighted by molar-refractivity contribution is 7.18. The number of anilines is 1. The van der Waals surface area contributed by atoms with Crippen molar-refractivity contribution >= 4 is 22.4 Å². The van der Waals surface area contributed by atoms with Gasteiger partial charge in [0, 0.05) is 17.7 Å². The summed E-state index contributed by atoms with van der Waals surface area (Å²) in [5.74, 6) is -0.428. The Bertz CT molecular complexity index is 894. The Kier molecular flexibility index (Phi) is 5.19. The van der Waals surface area contributed by atoms with Gasteiger partial charge in [0.25, 0.3) is 5.91 Å². The monoisotopic (exact) mass is 355 g/mol. The van der Waals surface area contributed by atoms with Crippen molar-refractivity contribution in [3.63, 3.8) is 0 Å². The van der Waals surface area contributed by atoms with E-state index in [0.29, 0.717) is 27.8 Å². The van der Waals surface area contributed by atoms with Gasteiger partial charge in [0.15, 0.2) is 0 Å². The van der Waals surface area contributed by atoms with Crippen LogP contribution in [-0.4, -0.2) is 22.6 Å². The third-order valence-corrected chi connectivity index (χ3v) is 4.67. The number of aryl methyl sites for hydroxylation is 1. The molecule has 1 amide bonds. The van der Waals surface area contributed by atoms with Crippen molar-refractivity contribution in [1.82, 2.24) is 10.2 Å². The second-order valence-corrected chi connectivity index (χ2v) is 6.68. The number of amides is 1. The first kappa shape index (κ1) is 17.2. The van der Waals surface area contributed by atoms with Crippen molar-refractivity contribution in [2.75, 3.05) is 11.4 Å². The van der Waals surface area contributed by atoms with Gasteiger partial charge in [-0.25, -0.2) is 4.39 Å². The fraction of sp³-hybridized carbons (Fsp3) is 0.211. The molecule has 1 aromatic heterocycles. The van der Waals surface area contributed by atoms with E-state index in [0.717, 1.165) is 12.0 Å². The Morgan fingerprint density at radius 2 is 1.96 bits per heavy atom. The van der Waals surface area contributed by atoms with Crippen molar-refractivity contribution in [2.45, 2.75) is 20.3 Å². The molecule has 0 unspecified atom stereocenters. The number of aromatic nitrogens is 2. The van der Waals surface area contributed by atoms with Gasteiger partial charge in [-0.1, -0.05) is 48.1 Å². The standard InChI is InChI=1S/C19H18FN3OS/c1-3-10-23(18(24)15-8-4-6-13(2)11-15)19-22-21-17(25-19)14-7-5-9-16(20)12-14/h4-9,11-12H,3,10H2,1-2H3. The van der Waals surface area contributed by atoms with Crippen LogP contribution in [0.25, 0.3) is 10.6 Å². The highest BCUT2D eigenvalue weighted by Crippen LogP contribution is 2.30. The molecule has 0 bridgehead atoms. The third kappa shape index (κ3) is 3.91. The minimum atomic E-state index is -0.324. The van der Waals surface area contributed by atoms with Gasteiger partial charge in [-0.15, -0.1) is 10.2 Å². The molecule has 2 aromatic carbocycles. The Morgan fingerprint density at radius 3 is 2.68 bits per heavy atom. The number of carbonyl (C=O) groups is 1. The van der Waals surface area contributed by atoms with Crippen LogP contribution in [0.3, 0.4) is 0 Å². The zero-order chi connectivity index (χ0) is 17.8. The maximum atomic E-state index is 13.4. The van der Waals surface area contributed by atoms with E-state index < -0.39 is 0 Å². The lowest BCUT2D eigenvalue weighted by molar-refractivity contribution is 0.0986. The molecule has 1 heterocycles. The molecule has 3 aromatic rings. The van der Waals surface area contributed by atoms with Gasteiger partial charge >= 0.3 is 0 Å². The largest absolute Gasteiger partial charge is 0.283 e. The van der Waals surface area contributed by atoms with Gasteiger partial charge in [-0.3, -0.25) is 9.69 Å². The van der Waals surface area contributed by atoms with E-state index in [2.05, 4.69) is 10.2 Å². The summed E-state index contributed by atoms with van der Waals surface area (Å²) in [4.78, 5) is 14.5. The molecule has 0 fully saturated rings. The van der Waals surface area contributed by atoms with Crippen LogP contribution in [0.1, 0.15) is 29.3 Å². The van der Waals surface area contributed by atoms with Gasteiger partial charge in [0.1, 0.15) is 10.8 Å². The zero-order valence-electron chi connectivity index (χ0n) is 14.1. The van der Waals surface area contributed by atoms with Gasteiger partial charge < -0.3 is 0 Å². The van der Waals surface area contributed by atoms with E-state index in [1.807, 2.05) is 32.0 Å². The molecule has 0 atom stereocenters. The number of nitrogens with zero attached hydrogens (tertiary/aromatic N) is 3. The van der Waals surface area contributed by atoms with Crippen molar-refractivity contribution < 1.29 is 9.18 Å². The predicted molar refractivity (Wildman–Crippen MR) is 98.4 cm³/mol.